The second-order valence-electron chi connectivity index (χ2n) is 5.28. The molecule has 1 saturated carbocycles. The van der Waals surface area contributed by atoms with Crippen molar-refractivity contribution in [2.75, 3.05) is 11.4 Å². The van der Waals surface area contributed by atoms with Crippen LogP contribution in [0.5, 0.6) is 0 Å². The van der Waals surface area contributed by atoms with Crippen LogP contribution in [0.2, 0.25) is 0 Å². The average Bonchev–Trinajstić information content (AvgIpc) is 2.38. The lowest BCUT2D eigenvalue weighted by molar-refractivity contribution is -0.135. The van der Waals surface area contributed by atoms with Crippen molar-refractivity contribution >= 4 is 11.7 Å². The van der Waals surface area contributed by atoms with Gasteiger partial charge < -0.3 is 15.1 Å². The Balaban J connectivity index is 2.24. The number of carbonyl (C=O) groups is 1. The highest BCUT2D eigenvalue weighted by Crippen LogP contribution is 2.27. The van der Waals surface area contributed by atoms with Gasteiger partial charge in [-0.2, -0.15) is 0 Å². The minimum Gasteiger partial charge on any atom is -0.480 e. The maximum absolute atomic E-state index is 11.1. The molecule has 1 aliphatic rings. The van der Waals surface area contributed by atoms with Crippen molar-refractivity contribution in [3.05, 3.63) is 29.8 Å². The fourth-order valence-corrected chi connectivity index (χ4v) is 2.74. The quantitative estimate of drug-likeness (QED) is 0.874. The van der Waals surface area contributed by atoms with E-state index in [1.165, 1.54) is 0 Å². The molecule has 1 aliphatic carbocycles. The Morgan fingerprint density at radius 1 is 1.26 bits per heavy atom. The van der Waals surface area contributed by atoms with Crippen LogP contribution >= 0.6 is 0 Å². The third-order valence-electron chi connectivity index (χ3n) is 3.77. The number of aliphatic hydroxyl groups excluding tert-OH is 1. The van der Waals surface area contributed by atoms with Crippen LogP contribution in [0, 0.1) is 6.92 Å². The van der Waals surface area contributed by atoms with Gasteiger partial charge in [0.05, 0.1) is 12.1 Å². The Labute approximate surface area is 113 Å². The molecular formula is C15H21NO3. The topological polar surface area (TPSA) is 60.8 Å². The van der Waals surface area contributed by atoms with Crippen molar-refractivity contribution < 1.29 is 15.0 Å². The Kier molecular flexibility index (Phi) is 4.43. The molecule has 0 heterocycles. The van der Waals surface area contributed by atoms with E-state index < -0.39 is 12.1 Å². The van der Waals surface area contributed by atoms with Crippen LogP contribution in [0.25, 0.3) is 0 Å². The fraction of sp³-hybridized carbons (Fsp3) is 0.533. The van der Waals surface area contributed by atoms with Crippen LogP contribution in [0.15, 0.2) is 24.3 Å². The summed E-state index contributed by atoms with van der Waals surface area (Å²) in [5.41, 5.74) is 2.02. The summed E-state index contributed by atoms with van der Waals surface area (Å²) < 4.78 is 0. The minimum atomic E-state index is -0.863. The van der Waals surface area contributed by atoms with Gasteiger partial charge in [0, 0.05) is 5.69 Å². The third kappa shape index (κ3) is 3.47. The largest absolute Gasteiger partial charge is 0.480 e. The van der Waals surface area contributed by atoms with Crippen molar-refractivity contribution in [1.82, 2.24) is 0 Å². The van der Waals surface area contributed by atoms with Gasteiger partial charge in [-0.25, -0.2) is 0 Å². The smallest absolute Gasteiger partial charge is 0.323 e. The number of benzene rings is 1. The van der Waals surface area contributed by atoms with Gasteiger partial charge >= 0.3 is 5.97 Å². The van der Waals surface area contributed by atoms with Crippen LogP contribution < -0.4 is 4.90 Å². The predicted molar refractivity (Wildman–Crippen MR) is 74.4 cm³/mol. The van der Waals surface area contributed by atoms with Crippen LogP contribution in [0.4, 0.5) is 5.69 Å². The molecule has 0 spiro atoms. The molecule has 0 radical (unpaired) electrons. The van der Waals surface area contributed by atoms with Crippen LogP contribution in [-0.2, 0) is 4.79 Å². The number of nitrogens with zero attached hydrogens (tertiary/aromatic N) is 1. The Bertz CT molecular complexity index is 430. The summed E-state index contributed by atoms with van der Waals surface area (Å²) in [6.07, 6.45) is 3.24. The Morgan fingerprint density at radius 2 is 1.89 bits per heavy atom. The molecule has 2 rings (SSSR count). The number of aliphatic carboxylic acids is 1. The zero-order chi connectivity index (χ0) is 13.8. The van der Waals surface area contributed by atoms with Gasteiger partial charge in [-0.05, 0) is 31.9 Å². The molecule has 0 aromatic heterocycles. The molecule has 19 heavy (non-hydrogen) atoms. The van der Waals surface area contributed by atoms with E-state index in [1.54, 1.807) is 0 Å². The lowest BCUT2D eigenvalue weighted by Gasteiger charge is -2.38. The number of rotatable bonds is 4. The summed E-state index contributed by atoms with van der Waals surface area (Å²) in [5.74, 6) is -0.863. The summed E-state index contributed by atoms with van der Waals surface area (Å²) in [6, 6.07) is 7.71. The Hall–Kier alpha value is -1.55. The number of anilines is 1. The molecule has 4 heteroatoms. The normalized spacial score (nSPS) is 23.1. The van der Waals surface area contributed by atoms with Crippen molar-refractivity contribution in [3.8, 4) is 0 Å². The summed E-state index contributed by atoms with van der Waals surface area (Å²) >= 11 is 0. The molecule has 4 nitrogen and oxygen atoms in total. The first kappa shape index (κ1) is 13.9. The standard InChI is InChI=1S/C15H21NO3/c1-11-6-8-12(9-7-11)16(10-15(18)19)13-4-2-3-5-14(13)17/h6-9,13-14,17H,2-5,10H2,1H3,(H,18,19). The first-order valence-corrected chi connectivity index (χ1v) is 6.81. The molecule has 2 unspecified atom stereocenters. The van der Waals surface area contributed by atoms with Gasteiger partial charge in [-0.15, -0.1) is 0 Å². The molecule has 2 N–H and O–H groups in total. The first-order chi connectivity index (χ1) is 9.08. The molecule has 104 valence electrons. The van der Waals surface area contributed by atoms with Gasteiger partial charge in [0.2, 0.25) is 0 Å². The van der Waals surface area contributed by atoms with Gasteiger partial charge in [0.1, 0.15) is 6.54 Å². The molecular weight excluding hydrogens is 242 g/mol. The summed E-state index contributed by atoms with van der Waals surface area (Å²) in [4.78, 5) is 12.9. The van der Waals surface area contributed by atoms with Crippen LogP contribution in [-0.4, -0.2) is 34.9 Å². The lowest BCUT2D eigenvalue weighted by Crippen LogP contribution is -2.47. The number of carboxylic acid groups (broad SMARTS) is 1. The van der Waals surface area contributed by atoms with Crippen molar-refractivity contribution in [2.45, 2.75) is 44.8 Å². The van der Waals surface area contributed by atoms with Gasteiger partial charge in [0.15, 0.2) is 0 Å². The van der Waals surface area contributed by atoms with E-state index >= 15 is 0 Å². The lowest BCUT2D eigenvalue weighted by atomic mass is 9.91. The van der Waals surface area contributed by atoms with Crippen molar-refractivity contribution in [2.24, 2.45) is 0 Å². The molecule has 1 aromatic carbocycles. The molecule has 2 atom stereocenters. The summed E-state index contributed by atoms with van der Waals surface area (Å²) in [7, 11) is 0. The van der Waals surface area contributed by atoms with Gasteiger partial charge in [0.25, 0.3) is 0 Å². The molecule has 0 bridgehead atoms. The van der Waals surface area contributed by atoms with E-state index in [-0.39, 0.29) is 12.6 Å². The number of aliphatic hydroxyl groups is 1. The third-order valence-corrected chi connectivity index (χ3v) is 3.77. The second kappa shape index (κ2) is 6.06. The maximum atomic E-state index is 11.1. The van der Waals surface area contributed by atoms with Crippen LogP contribution in [0.1, 0.15) is 31.2 Å². The zero-order valence-corrected chi connectivity index (χ0v) is 11.2. The van der Waals surface area contributed by atoms with Crippen molar-refractivity contribution in [3.63, 3.8) is 0 Å². The second-order valence-corrected chi connectivity index (χ2v) is 5.28. The molecule has 0 saturated heterocycles. The minimum absolute atomic E-state index is 0.0647. The molecule has 0 aliphatic heterocycles. The number of carboxylic acids is 1. The van der Waals surface area contributed by atoms with E-state index in [1.807, 2.05) is 36.1 Å². The Morgan fingerprint density at radius 3 is 2.47 bits per heavy atom. The number of hydrogen-bond acceptors (Lipinski definition) is 3. The zero-order valence-electron chi connectivity index (χ0n) is 11.2. The summed E-state index contributed by atoms with van der Waals surface area (Å²) in [5, 5.41) is 19.2. The van der Waals surface area contributed by atoms with E-state index in [2.05, 4.69) is 0 Å². The van der Waals surface area contributed by atoms with Gasteiger partial charge in [-0.1, -0.05) is 30.5 Å². The highest BCUT2D eigenvalue weighted by Gasteiger charge is 2.30. The highest BCUT2D eigenvalue weighted by atomic mass is 16.4. The number of aryl methyl sites for hydroxylation is 1. The van der Waals surface area contributed by atoms with Crippen LogP contribution in [0.3, 0.4) is 0 Å². The molecule has 1 fully saturated rings. The monoisotopic (exact) mass is 263 g/mol. The SMILES string of the molecule is Cc1ccc(N(CC(=O)O)C2CCCCC2O)cc1. The predicted octanol–water partition coefficient (Wildman–Crippen LogP) is 2.19. The van der Waals surface area contributed by atoms with E-state index in [9.17, 15) is 9.90 Å². The average molecular weight is 263 g/mol. The fourth-order valence-electron chi connectivity index (χ4n) is 2.74. The van der Waals surface area contributed by atoms with E-state index in [0.717, 1.165) is 36.9 Å². The van der Waals surface area contributed by atoms with E-state index in [0.29, 0.717) is 0 Å². The highest BCUT2D eigenvalue weighted by molar-refractivity contribution is 5.74. The number of hydrogen-bond donors (Lipinski definition) is 2. The summed E-state index contributed by atoms with van der Waals surface area (Å²) in [6.45, 7) is 1.94. The maximum Gasteiger partial charge on any atom is 0.323 e. The van der Waals surface area contributed by atoms with E-state index in [4.69, 9.17) is 5.11 Å². The molecule has 0 amide bonds. The first-order valence-electron chi connectivity index (χ1n) is 6.81. The van der Waals surface area contributed by atoms with Gasteiger partial charge in [-0.3, -0.25) is 4.79 Å². The molecule has 1 aromatic rings. The van der Waals surface area contributed by atoms with Crippen molar-refractivity contribution in [1.29, 1.82) is 0 Å².